The van der Waals surface area contributed by atoms with Crippen molar-refractivity contribution in [3.63, 3.8) is 0 Å². The van der Waals surface area contributed by atoms with Gasteiger partial charge in [0, 0.05) is 21.2 Å². The van der Waals surface area contributed by atoms with Gasteiger partial charge >= 0.3 is 0 Å². The Balaban J connectivity index is 2.01. The quantitative estimate of drug-likeness (QED) is 0.543. The van der Waals surface area contributed by atoms with Crippen LogP contribution in [-0.4, -0.2) is 10.9 Å². The number of quaternary nitrogens is 1. The van der Waals surface area contributed by atoms with E-state index in [0.717, 1.165) is 28.6 Å². The lowest BCUT2D eigenvalue weighted by molar-refractivity contribution is -0.747. The van der Waals surface area contributed by atoms with E-state index < -0.39 is 0 Å². The maximum Gasteiger partial charge on any atom is 0.120 e. The number of benzene rings is 2. The fourth-order valence-electron chi connectivity index (χ4n) is 4.15. The number of nitrogens with zero attached hydrogens (tertiary/aromatic N) is 1. The summed E-state index contributed by atoms with van der Waals surface area (Å²) in [6.45, 7) is 4.31. The lowest BCUT2D eigenvalue weighted by Crippen LogP contribution is -2.91. The molecule has 0 amide bonds. The molecular formula is C21H25Cl2N2O+. The van der Waals surface area contributed by atoms with Gasteiger partial charge in [-0.3, -0.25) is 0 Å². The average Bonchev–Trinajstić information content (AvgIpc) is 2.64. The molecule has 1 fully saturated rings. The third kappa shape index (κ3) is 3.90. The van der Waals surface area contributed by atoms with Crippen molar-refractivity contribution in [3.05, 3.63) is 69.7 Å². The Kier molecular flexibility index (Phi) is 6.23. The van der Waals surface area contributed by atoms with Gasteiger partial charge in [0.05, 0.1) is 17.5 Å². The molecule has 3 nitrogen and oxygen atoms in total. The van der Waals surface area contributed by atoms with E-state index in [-0.39, 0.29) is 23.9 Å². The highest BCUT2D eigenvalue weighted by atomic mass is 35.5. The molecule has 4 atom stereocenters. The normalized spacial score (nSPS) is 27.6. The van der Waals surface area contributed by atoms with Gasteiger partial charge in [-0.1, -0.05) is 72.9 Å². The summed E-state index contributed by atoms with van der Waals surface area (Å²) < 4.78 is 0. The van der Waals surface area contributed by atoms with Crippen LogP contribution < -0.4 is 5.32 Å². The van der Waals surface area contributed by atoms with Crippen molar-refractivity contribution in [1.82, 2.24) is 0 Å². The summed E-state index contributed by atoms with van der Waals surface area (Å²) in [5.74, 6) is 0.339. The number of oxime groups is 1. The first-order valence-corrected chi connectivity index (χ1v) is 9.88. The third-order valence-corrected chi connectivity index (χ3v) is 5.96. The molecule has 0 aliphatic carbocycles. The van der Waals surface area contributed by atoms with Gasteiger partial charge < -0.3 is 10.5 Å². The molecule has 0 aromatic heterocycles. The molecule has 1 heterocycles. The topological polar surface area (TPSA) is 49.2 Å². The van der Waals surface area contributed by atoms with Crippen molar-refractivity contribution < 1.29 is 10.5 Å². The maximum atomic E-state index is 9.81. The highest BCUT2D eigenvalue weighted by molar-refractivity contribution is 6.30. The van der Waals surface area contributed by atoms with Crippen LogP contribution >= 0.6 is 23.2 Å². The Morgan fingerprint density at radius 3 is 1.88 bits per heavy atom. The van der Waals surface area contributed by atoms with Gasteiger partial charge in [-0.15, -0.1) is 0 Å². The molecule has 3 N–H and O–H groups in total. The summed E-state index contributed by atoms with van der Waals surface area (Å²) in [6, 6.07) is 16.3. The SMILES string of the molecule is CCC[C@H]1/C(=N/O)[C@@H](C)[C@@H](c2ccc(Cl)cc2)[NH2+][C@H]1c1ccc(Cl)cc1. The maximum absolute atomic E-state index is 9.81. The van der Waals surface area contributed by atoms with E-state index in [9.17, 15) is 5.21 Å². The second kappa shape index (κ2) is 8.43. The number of hydrogen-bond donors (Lipinski definition) is 2. The van der Waals surface area contributed by atoms with Crippen molar-refractivity contribution in [3.8, 4) is 0 Å². The molecule has 0 bridgehead atoms. The fraction of sp³-hybridized carbons (Fsp3) is 0.381. The van der Waals surface area contributed by atoms with Gasteiger partial charge in [-0.2, -0.15) is 0 Å². The zero-order valence-electron chi connectivity index (χ0n) is 15.1. The first kappa shape index (κ1) is 19.2. The number of halogens is 2. The highest BCUT2D eigenvalue weighted by Crippen LogP contribution is 2.36. The van der Waals surface area contributed by atoms with E-state index in [0.29, 0.717) is 0 Å². The van der Waals surface area contributed by atoms with Gasteiger partial charge in [0.25, 0.3) is 0 Å². The van der Waals surface area contributed by atoms with Gasteiger partial charge in [-0.25, -0.2) is 0 Å². The van der Waals surface area contributed by atoms with Crippen LogP contribution in [0.25, 0.3) is 0 Å². The van der Waals surface area contributed by atoms with Crippen LogP contribution in [0.1, 0.15) is 49.9 Å². The van der Waals surface area contributed by atoms with E-state index in [4.69, 9.17) is 23.2 Å². The van der Waals surface area contributed by atoms with E-state index in [2.05, 4.69) is 48.6 Å². The Hall–Kier alpha value is -1.55. The van der Waals surface area contributed by atoms with Gasteiger partial charge in [0.1, 0.15) is 12.1 Å². The van der Waals surface area contributed by atoms with Crippen LogP contribution in [0.2, 0.25) is 10.0 Å². The minimum Gasteiger partial charge on any atom is -0.411 e. The molecule has 1 aliphatic rings. The van der Waals surface area contributed by atoms with Crippen LogP contribution in [0.4, 0.5) is 0 Å². The zero-order chi connectivity index (χ0) is 18.7. The Morgan fingerprint density at radius 1 is 0.923 bits per heavy atom. The first-order valence-electron chi connectivity index (χ1n) is 9.13. The minimum atomic E-state index is 0.140. The predicted molar refractivity (Wildman–Crippen MR) is 107 cm³/mol. The summed E-state index contributed by atoms with van der Waals surface area (Å²) in [5, 5.41) is 17.4. The van der Waals surface area contributed by atoms with Gasteiger partial charge in [-0.05, 0) is 30.7 Å². The van der Waals surface area contributed by atoms with Crippen LogP contribution in [0.5, 0.6) is 0 Å². The minimum absolute atomic E-state index is 0.140. The molecule has 1 aliphatic heterocycles. The molecule has 0 saturated carbocycles. The van der Waals surface area contributed by atoms with Crippen molar-refractivity contribution in [2.45, 2.75) is 38.8 Å². The number of nitrogens with two attached hydrogens (primary N) is 1. The molecule has 138 valence electrons. The standard InChI is InChI=1S/C21H24Cl2N2O/c1-3-4-18-20(25-26)13(2)19(14-5-9-16(22)10-6-14)24-21(18)15-7-11-17(23)12-8-15/h5-13,18-19,21,24,26H,3-4H2,1-2H3/p+1/b25-20+/t13-,18-,19-,21-/m0/s1. The lowest BCUT2D eigenvalue weighted by atomic mass is 9.73. The van der Waals surface area contributed by atoms with Crippen molar-refractivity contribution in [2.75, 3.05) is 0 Å². The molecule has 0 radical (unpaired) electrons. The van der Waals surface area contributed by atoms with Crippen molar-refractivity contribution >= 4 is 28.9 Å². The molecule has 3 rings (SSSR count). The Bertz CT molecular complexity index is 759. The van der Waals surface area contributed by atoms with Crippen LogP contribution in [0.3, 0.4) is 0 Å². The highest BCUT2D eigenvalue weighted by Gasteiger charge is 2.44. The van der Waals surface area contributed by atoms with Crippen molar-refractivity contribution in [2.24, 2.45) is 17.0 Å². The second-order valence-electron chi connectivity index (χ2n) is 7.06. The molecule has 2 aromatic carbocycles. The van der Waals surface area contributed by atoms with E-state index in [1.54, 1.807) is 0 Å². The monoisotopic (exact) mass is 391 g/mol. The molecule has 5 heteroatoms. The fourth-order valence-corrected chi connectivity index (χ4v) is 4.40. The summed E-state index contributed by atoms with van der Waals surface area (Å²) in [7, 11) is 0. The van der Waals surface area contributed by atoms with Crippen LogP contribution in [-0.2, 0) is 0 Å². The molecule has 0 spiro atoms. The van der Waals surface area contributed by atoms with Crippen LogP contribution in [0, 0.1) is 11.8 Å². The number of rotatable bonds is 4. The number of hydrogen-bond acceptors (Lipinski definition) is 2. The molecular weight excluding hydrogens is 367 g/mol. The summed E-state index contributed by atoms with van der Waals surface area (Å²) >= 11 is 12.1. The smallest absolute Gasteiger partial charge is 0.120 e. The van der Waals surface area contributed by atoms with E-state index >= 15 is 0 Å². The molecule has 0 unspecified atom stereocenters. The molecule has 2 aromatic rings. The van der Waals surface area contributed by atoms with E-state index in [1.165, 1.54) is 11.1 Å². The van der Waals surface area contributed by atoms with Gasteiger partial charge in [0.15, 0.2) is 0 Å². The van der Waals surface area contributed by atoms with E-state index in [1.807, 2.05) is 24.3 Å². The summed E-state index contributed by atoms with van der Waals surface area (Å²) in [4.78, 5) is 0. The summed E-state index contributed by atoms with van der Waals surface area (Å²) in [5.41, 5.74) is 3.28. The van der Waals surface area contributed by atoms with Crippen molar-refractivity contribution in [1.29, 1.82) is 0 Å². The third-order valence-electron chi connectivity index (χ3n) is 5.46. The number of piperidine rings is 1. The first-order chi connectivity index (χ1) is 12.5. The van der Waals surface area contributed by atoms with Gasteiger partial charge in [0.2, 0.25) is 0 Å². The lowest BCUT2D eigenvalue weighted by Gasteiger charge is -2.39. The average molecular weight is 392 g/mol. The zero-order valence-corrected chi connectivity index (χ0v) is 16.6. The second-order valence-corrected chi connectivity index (χ2v) is 7.93. The summed E-state index contributed by atoms with van der Waals surface area (Å²) in [6.07, 6.45) is 2.03. The Labute approximate surface area is 165 Å². The largest absolute Gasteiger partial charge is 0.411 e. The molecule has 1 saturated heterocycles. The molecule has 26 heavy (non-hydrogen) atoms. The Morgan fingerprint density at radius 2 is 1.42 bits per heavy atom. The predicted octanol–water partition coefficient (Wildman–Crippen LogP) is 5.24. The van der Waals surface area contributed by atoms with Crippen LogP contribution in [0.15, 0.2) is 53.7 Å².